The molecular weight excluding hydrogens is 128 g/mol. The predicted molar refractivity (Wildman–Crippen MR) is 40.8 cm³/mol. The van der Waals surface area contributed by atoms with Crippen molar-refractivity contribution in [2.75, 3.05) is 19.6 Å². The molecule has 0 aromatic rings. The van der Waals surface area contributed by atoms with E-state index in [2.05, 4.69) is 4.90 Å². The lowest BCUT2D eigenvalue weighted by molar-refractivity contribution is 0.0896. The number of nitrogens with two attached hydrogens (primary N) is 1. The quantitative estimate of drug-likeness (QED) is 0.484. The van der Waals surface area contributed by atoms with Crippen molar-refractivity contribution in [3.8, 4) is 0 Å². The average Bonchev–Trinajstić information content (AvgIpc) is 1.90. The number of hydrogen-bond donors (Lipinski definition) is 1. The molecule has 0 amide bonds. The van der Waals surface area contributed by atoms with Gasteiger partial charge in [-0.05, 0) is 31.8 Å². The summed E-state index contributed by atoms with van der Waals surface area (Å²) in [6.45, 7) is 3.77. The Morgan fingerprint density at radius 2 is 1.80 bits per heavy atom. The number of fused-ring (bicyclic) bond motifs is 3. The molecule has 0 radical (unpaired) electrons. The molecule has 3 rings (SSSR count). The summed E-state index contributed by atoms with van der Waals surface area (Å²) >= 11 is 0. The van der Waals surface area contributed by atoms with Gasteiger partial charge in [0.1, 0.15) is 0 Å². The predicted octanol–water partition coefficient (Wildman–Crippen LogP) is -0.785. The largest absolute Gasteiger partial charge is 0.412 e. The fraction of sp³-hybridized carbons (Fsp3) is 1.00. The van der Waals surface area contributed by atoms with Crippen LogP contribution in [0.25, 0.3) is 0 Å². The highest BCUT2D eigenvalue weighted by Crippen LogP contribution is 2.25. The summed E-state index contributed by atoms with van der Waals surface area (Å²) in [5.74, 6) is 0.856. The zero-order valence-electron chi connectivity index (χ0n) is 6.21. The number of rotatable bonds is 0. The molecule has 0 saturated carbocycles. The minimum absolute atomic E-state index is 0. The Morgan fingerprint density at radius 3 is 2.00 bits per heavy atom. The SMILES string of the molecule is NC1CN2CCC1CC2.O. The first-order valence-electron chi connectivity index (χ1n) is 3.84. The summed E-state index contributed by atoms with van der Waals surface area (Å²) < 4.78 is 0. The van der Waals surface area contributed by atoms with Crippen LogP contribution in [-0.4, -0.2) is 36.1 Å². The third-order valence-electron chi connectivity index (χ3n) is 2.71. The van der Waals surface area contributed by atoms with Crippen LogP contribution >= 0.6 is 0 Å². The van der Waals surface area contributed by atoms with Gasteiger partial charge in [0, 0.05) is 12.6 Å². The van der Waals surface area contributed by atoms with E-state index in [9.17, 15) is 0 Å². The van der Waals surface area contributed by atoms with Crippen LogP contribution < -0.4 is 5.73 Å². The molecule has 2 bridgehead atoms. The van der Waals surface area contributed by atoms with Crippen LogP contribution in [0.1, 0.15) is 12.8 Å². The Hall–Kier alpha value is -0.120. The van der Waals surface area contributed by atoms with Crippen molar-refractivity contribution < 1.29 is 5.48 Å². The highest BCUT2D eigenvalue weighted by atomic mass is 16.0. The molecule has 0 aliphatic carbocycles. The molecule has 60 valence electrons. The molecule has 3 heterocycles. The van der Waals surface area contributed by atoms with Crippen LogP contribution in [0.4, 0.5) is 0 Å². The Bertz CT molecular complexity index is 110. The van der Waals surface area contributed by atoms with E-state index < -0.39 is 0 Å². The maximum Gasteiger partial charge on any atom is 0.0197 e. The van der Waals surface area contributed by atoms with Crippen LogP contribution in [-0.2, 0) is 0 Å². The molecule has 3 saturated heterocycles. The van der Waals surface area contributed by atoms with Gasteiger partial charge in [-0.2, -0.15) is 0 Å². The van der Waals surface area contributed by atoms with Crippen LogP contribution in [0.15, 0.2) is 0 Å². The van der Waals surface area contributed by atoms with Crippen molar-refractivity contribution in [3.63, 3.8) is 0 Å². The molecule has 10 heavy (non-hydrogen) atoms. The lowest BCUT2D eigenvalue weighted by Gasteiger charge is -2.43. The van der Waals surface area contributed by atoms with Crippen molar-refractivity contribution in [2.24, 2.45) is 11.7 Å². The van der Waals surface area contributed by atoms with Gasteiger partial charge in [-0.15, -0.1) is 0 Å². The minimum atomic E-state index is 0. The smallest absolute Gasteiger partial charge is 0.0197 e. The molecule has 3 aliphatic heterocycles. The second-order valence-corrected chi connectivity index (χ2v) is 3.30. The Labute approximate surface area is 61.5 Å². The normalized spacial score (nSPS) is 44.7. The Morgan fingerprint density at radius 1 is 1.20 bits per heavy atom. The molecule has 3 fully saturated rings. The Kier molecular flexibility index (Phi) is 2.28. The van der Waals surface area contributed by atoms with Gasteiger partial charge in [0.25, 0.3) is 0 Å². The second-order valence-electron chi connectivity index (χ2n) is 3.30. The van der Waals surface area contributed by atoms with Gasteiger partial charge < -0.3 is 16.1 Å². The van der Waals surface area contributed by atoms with E-state index in [0.29, 0.717) is 6.04 Å². The van der Waals surface area contributed by atoms with Crippen molar-refractivity contribution >= 4 is 0 Å². The van der Waals surface area contributed by atoms with Crippen LogP contribution in [0.2, 0.25) is 0 Å². The number of piperidine rings is 3. The van der Waals surface area contributed by atoms with E-state index in [1.807, 2.05) is 0 Å². The standard InChI is InChI=1S/C7H14N2.H2O/c8-7-5-9-3-1-6(7)2-4-9;/h6-7H,1-5,8H2;1H2. The topological polar surface area (TPSA) is 60.8 Å². The minimum Gasteiger partial charge on any atom is -0.412 e. The molecule has 4 N–H and O–H groups in total. The molecule has 3 nitrogen and oxygen atoms in total. The van der Waals surface area contributed by atoms with Gasteiger partial charge in [-0.1, -0.05) is 0 Å². The third-order valence-corrected chi connectivity index (χ3v) is 2.71. The van der Waals surface area contributed by atoms with Gasteiger partial charge in [-0.3, -0.25) is 0 Å². The van der Waals surface area contributed by atoms with Gasteiger partial charge in [0.2, 0.25) is 0 Å². The highest BCUT2D eigenvalue weighted by Gasteiger charge is 2.31. The highest BCUT2D eigenvalue weighted by molar-refractivity contribution is 4.88. The molecule has 0 spiro atoms. The summed E-state index contributed by atoms with van der Waals surface area (Å²) in [6, 6.07) is 0.493. The van der Waals surface area contributed by atoms with Crippen molar-refractivity contribution in [2.45, 2.75) is 18.9 Å². The number of nitrogens with zero attached hydrogens (tertiary/aromatic N) is 1. The molecule has 0 aromatic carbocycles. The van der Waals surface area contributed by atoms with Crippen molar-refractivity contribution in [1.29, 1.82) is 0 Å². The van der Waals surface area contributed by atoms with E-state index in [1.54, 1.807) is 0 Å². The zero-order chi connectivity index (χ0) is 6.27. The molecular formula is C7H16N2O. The van der Waals surface area contributed by atoms with Gasteiger partial charge >= 0.3 is 0 Å². The first-order chi connectivity index (χ1) is 4.36. The van der Waals surface area contributed by atoms with Gasteiger partial charge in [0.05, 0.1) is 0 Å². The van der Waals surface area contributed by atoms with Crippen molar-refractivity contribution in [3.05, 3.63) is 0 Å². The lowest BCUT2D eigenvalue weighted by atomic mass is 9.85. The summed E-state index contributed by atoms with van der Waals surface area (Å²) in [6.07, 6.45) is 2.70. The maximum atomic E-state index is 5.88. The zero-order valence-corrected chi connectivity index (χ0v) is 6.21. The monoisotopic (exact) mass is 144 g/mol. The molecule has 0 aromatic heterocycles. The summed E-state index contributed by atoms with van der Waals surface area (Å²) in [4.78, 5) is 2.48. The first-order valence-corrected chi connectivity index (χ1v) is 3.84. The van der Waals surface area contributed by atoms with E-state index in [1.165, 1.54) is 25.9 Å². The fourth-order valence-corrected chi connectivity index (χ4v) is 2.01. The van der Waals surface area contributed by atoms with E-state index in [0.717, 1.165) is 12.5 Å². The Balaban J connectivity index is 0.000000500. The third kappa shape index (κ3) is 1.17. The fourth-order valence-electron chi connectivity index (χ4n) is 2.01. The first kappa shape index (κ1) is 7.98. The van der Waals surface area contributed by atoms with Crippen LogP contribution in [0.5, 0.6) is 0 Å². The van der Waals surface area contributed by atoms with E-state index in [4.69, 9.17) is 5.73 Å². The molecule has 3 heteroatoms. The summed E-state index contributed by atoms with van der Waals surface area (Å²) in [5.41, 5.74) is 5.88. The summed E-state index contributed by atoms with van der Waals surface area (Å²) in [5, 5.41) is 0. The average molecular weight is 144 g/mol. The van der Waals surface area contributed by atoms with E-state index >= 15 is 0 Å². The van der Waals surface area contributed by atoms with Gasteiger partial charge in [0.15, 0.2) is 0 Å². The molecule has 1 unspecified atom stereocenters. The van der Waals surface area contributed by atoms with Crippen LogP contribution in [0.3, 0.4) is 0 Å². The molecule has 1 atom stereocenters. The lowest BCUT2D eigenvalue weighted by Crippen LogP contribution is -2.54. The van der Waals surface area contributed by atoms with E-state index in [-0.39, 0.29) is 5.48 Å². The maximum absolute atomic E-state index is 5.88. The second kappa shape index (κ2) is 2.86. The number of hydrogen-bond acceptors (Lipinski definition) is 2. The summed E-state index contributed by atoms with van der Waals surface area (Å²) in [7, 11) is 0. The van der Waals surface area contributed by atoms with Crippen LogP contribution in [0, 0.1) is 5.92 Å². The van der Waals surface area contributed by atoms with Gasteiger partial charge in [-0.25, -0.2) is 0 Å². The molecule has 3 aliphatic rings. The van der Waals surface area contributed by atoms with Crippen molar-refractivity contribution in [1.82, 2.24) is 4.90 Å².